The fraction of sp³-hybridized carbons (Fsp3) is 0.200. The third kappa shape index (κ3) is 5.16. The van der Waals surface area contributed by atoms with Crippen molar-refractivity contribution < 1.29 is 19.0 Å². The van der Waals surface area contributed by atoms with Crippen molar-refractivity contribution in [3.05, 3.63) is 52.6 Å². The van der Waals surface area contributed by atoms with Crippen LogP contribution in [0.1, 0.15) is 12.5 Å². The number of carbonyl (C=O) groups is 1. The van der Waals surface area contributed by atoms with E-state index in [1.165, 1.54) is 20.3 Å². The van der Waals surface area contributed by atoms with E-state index in [2.05, 4.69) is 5.32 Å². The minimum atomic E-state index is -0.535. The molecule has 140 valence electrons. The maximum Gasteiger partial charge on any atom is 0.266 e. The van der Waals surface area contributed by atoms with Gasteiger partial charge in [0.05, 0.1) is 25.8 Å². The molecule has 0 aliphatic carbocycles. The van der Waals surface area contributed by atoms with Crippen LogP contribution in [-0.2, 0) is 4.79 Å². The normalized spacial score (nSPS) is 10.7. The second-order valence-corrected chi connectivity index (χ2v) is 5.73. The molecule has 2 aromatic rings. The van der Waals surface area contributed by atoms with Crippen LogP contribution in [0.3, 0.4) is 0 Å². The van der Waals surface area contributed by atoms with E-state index in [0.717, 1.165) is 0 Å². The van der Waals surface area contributed by atoms with Gasteiger partial charge in [0.1, 0.15) is 17.4 Å². The summed E-state index contributed by atoms with van der Waals surface area (Å²) >= 11 is 6.16. The quantitative estimate of drug-likeness (QED) is 0.566. The van der Waals surface area contributed by atoms with Gasteiger partial charge in [-0.1, -0.05) is 11.6 Å². The molecule has 0 fully saturated rings. The highest BCUT2D eigenvalue weighted by atomic mass is 35.5. The van der Waals surface area contributed by atoms with Crippen molar-refractivity contribution in [2.45, 2.75) is 6.92 Å². The molecule has 0 unspecified atom stereocenters. The van der Waals surface area contributed by atoms with Gasteiger partial charge in [0, 0.05) is 5.69 Å². The molecule has 1 N–H and O–H groups in total. The van der Waals surface area contributed by atoms with Gasteiger partial charge < -0.3 is 19.5 Å². The number of nitriles is 1. The molecule has 2 aromatic carbocycles. The van der Waals surface area contributed by atoms with Gasteiger partial charge in [-0.3, -0.25) is 4.79 Å². The topological polar surface area (TPSA) is 80.6 Å². The molecule has 0 spiro atoms. The molecule has 0 aromatic heterocycles. The van der Waals surface area contributed by atoms with Crippen LogP contribution < -0.4 is 19.5 Å². The highest BCUT2D eigenvalue weighted by Crippen LogP contribution is 2.36. The molecule has 0 aliphatic heterocycles. The fourth-order valence-corrected chi connectivity index (χ4v) is 2.63. The summed E-state index contributed by atoms with van der Waals surface area (Å²) in [5.74, 6) is 0.952. The van der Waals surface area contributed by atoms with Crippen LogP contribution in [0.5, 0.6) is 17.2 Å². The van der Waals surface area contributed by atoms with Crippen molar-refractivity contribution in [1.29, 1.82) is 5.26 Å². The Bertz CT molecular complexity index is 886. The molecule has 27 heavy (non-hydrogen) atoms. The molecule has 0 saturated heterocycles. The molecule has 0 radical (unpaired) electrons. The summed E-state index contributed by atoms with van der Waals surface area (Å²) in [6.45, 7) is 2.45. The fourth-order valence-electron chi connectivity index (χ4n) is 2.34. The highest BCUT2D eigenvalue weighted by Gasteiger charge is 2.13. The van der Waals surface area contributed by atoms with E-state index in [4.69, 9.17) is 25.8 Å². The minimum Gasteiger partial charge on any atom is -0.494 e. The molecule has 0 atom stereocenters. The number of nitrogens with one attached hydrogen (secondary N) is 1. The zero-order valence-corrected chi connectivity index (χ0v) is 16.0. The lowest BCUT2D eigenvalue weighted by Crippen LogP contribution is -2.13. The van der Waals surface area contributed by atoms with Crippen molar-refractivity contribution >= 4 is 29.3 Å². The Morgan fingerprint density at radius 1 is 1.22 bits per heavy atom. The van der Waals surface area contributed by atoms with Crippen LogP contribution in [0.25, 0.3) is 6.08 Å². The van der Waals surface area contributed by atoms with E-state index >= 15 is 0 Å². The Balaban J connectivity index is 2.24. The van der Waals surface area contributed by atoms with Gasteiger partial charge in [0.25, 0.3) is 5.91 Å². The summed E-state index contributed by atoms with van der Waals surface area (Å²) in [6.07, 6.45) is 1.43. The summed E-state index contributed by atoms with van der Waals surface area (Å²) in [5, 5.41) is 12.3. The van der Waals surface area contributed by atoms with E-state index < -0.39 is 5.91 Å². The molecule has 0 heterocycles. The number of amides is 1. The Hall–Kier alpha value is -3.17. The number of rotatable bonds is 7. The standard InChI is InChI=1S/C20H19ClN2O4/c1-4-27-16-7-5-15(6-8-16)23-20(24)14(12-22)9-13-10-17(21)19(26-3)18(11-13)25-2/h5-11H,4H2,1-3H3,(H,23,24)/b14-9+. The lowest BCUT2D eigenvalue weighted by Gasteiger charge is -2.10. The summed E-state index contributed by atoms with van der Waals surface area (Å²) in [7, 11) is 2.95. The third-order valence-electron chi connectivity index (χ3n) is 3.56. The number of carbonyl (C=O) groups excluding carboxylic acids is 1. The van der Waals surface area contributed by atoms with Crippen molar-refractivity contribution in [2.24, 2.45) is 0 Å². The lowest BCUT2D eigenvalue weighted by atomic mass is 10.1. The molecule has 0 bridgehead atoms. The van der Waals surface area contributed by atoms with E-state index in [0.29, 0.717) is 40.1 Å². The number of benzene rings is 2. The van der Waals surface area contributed by atoms with Gasteiger partial charge in [-0.15, -0.1) is 0 Å². The number of hydrogen-bond acceptors (Lipinski definition) is 5. The number of methoxy groups -OCH3 is 2. The van der Waals surface area contributed by atoms with Crippen LogP contribution >= 0.6 is 11.6 Å². The van der Waals surface area contributed by atoms with Gasteiger partial charge in [-0.2, -0.15) is 5.26 Å². The van der Waals surface area contributed by atoms with Gasteiger partial charge in [-0.25, -0.2) is 0 Å². The predicted octanol–water partition coefficient (Wildman–Crippen LogP) is 4.30. The van der Waals surface area contributed by atoms with Gasteiger partial charge in [-0.05, 0) is 55.0 Å². The average Bonchev–Trinajstić information content (AvgIpc) is 2.67. The predicted molar refractivity (Wildman–Crippen MR) is 104 cm³/mol. The average molecular weight is 387 g/mol. The van der Waals surface area contributed by atoms with Crippen molar-refractivity contribution in [3.8, 4) is 23.3 Å². The SMILES string of the molecule is CCOc1ccc(NC(=O)/C(C#N)=C/c2cc(Cl)c(OC)c(OC)c2)cc1. The zero-order chi connectivity index (χ0) is 19.8. The number of nitrogens with zero attached hydrogens (tertiary/aromatic N) is 1. The Morgan fingerprint density at radius 2 is 1.93 bits per heavy atom. The van der Waals surface area contributed by atoms with E-state index in [9.17, 15) is 10.1 Å². The van der Waals surface area contributed by atoms with Gasteiger partial charge >= 0.3 is 0 Å². The molecule has 0 aliphatic rings. The van der Waals surface area contributed by atoms with E-state index in [1.54, 1.807) is 36.4 Å². The Labute approximate surface area is 162 Å². The minimum absolute atomic E-state index is 0.0767. The third-order valence-corrected chi connectivity index (χ3v) is 3.84. The summed E-state index contributed by atoms with van der Waals surface area (Å²) < 4.78 is 15.8. The van der Waals surface area contributed by atoms with Crippen LogP contribution in [-0.4, -0.2) is 26.7 Å². The molecular formula is C20H19ClN2O4. The molecule has 6 nitrogen and oxygen atoms in total. The number of anilines is 1. The molecule has 1 amide bonds. The molecular weight excluding hydrogens is 368 g/mol. The first kappa shape index (κ1) is 20.1. The smallest absolute Gasteiger partial charge is 0.266 e. The first-order valence-corrected chi connectivity index (χ1v) is 8.47. The highest BCUT2D eigenvalue weighted by molar-refractivity contribution is 6.32. The second kappa shape index (κ2) is 9.51. The molecule has 7 heteroatoms. The monoisotopic (exact) mass is 386 g/mol. The summed E-state index contributed by atoms with van der Waals surface area (Å²) in [6, 6.07) is 12.0. The lowest BCUT2D eigenvalue weighted by molar-refractivity contribution is -0.112. The molecule has 2 rings (SSSR count). The Kier molecular flexibility index (Phi) is 7.09. The first-order chi connectivity index (χ1) is 13.0. The summed E-state index contributed by atoms with van der Waals surface area (Å²) in [4.78, 5) is 12.4. The largest absolute Gasteiger partial charge is 0.494 e. The first-order valence-electron chi connectivity index (χ1n) is 8.09. The Morgan fingerprint density at radius 3 is 2.48 bits per heavy atom. The van der Waals surface area contributed by atoms with Crippen molar-refractivity contribution in [3.63, 3.8) is 0 Å². The number of halogens is 1. The van der Waals surface area contributed by atoms with Crippen LogP contribution in [0.4, 0.5) is 5.69 Å². The van der Waals surface area contributed by atoms with E-state index in [-0.39, 0.29) is 5.57 Å². The summed E-state index contributed by atoms with van der Waals surface area (Å²) in [5.41, 5.74) is 1.01. The number of ether oxygens (including phenoxy) is 3. The van der Waals surface area contributed by atoms with E-state index in [1.807, 2.05) is 13.0 Å². The zero-order valence-electron chi connectivity index (χ0n) is 15.2. The second-order valence-electron chi connectivity index (χ2n) is 5.32. The molecule has 0 saturated carbocycles. The maximum atomic E-state index is 12.4. The van der Waals surface area contributed by atoms with Crippen LogP contribution in [0, 0.1) is 11.3 Å². The van der Waals surface area contributed by atoms with Crippen LogP contribution in [0.2, 0.25) is 5.02 Å². The van der Waals surface area contributed by atoms with Gasteiger partial charge in [0.15, 0.2) is 11.5 Å². The number of hydrogen-bond donors (Lipinski definition) is 1. The van der Waals surface area contributed by atoms with Crippen LogP contribution in [0.15, 0.2) is 42.0 Å². The maximum absolute atomic E-state index is 12.4. The van der Waals surface area contributed by atoms with Gasteiger partial charge in [0.2, 0.25) is 0 Å². The van der Waals surface area contributed by atoms with Crippen molar-refractivity contribution in [2.75, 3.05) is 26.1 Å². The van der Waals surface area contributed by atoms with Crippen molar-refractivity contribution in [1.82, 2.24) is 0 Å².